The van der Waals surface area contributed by atoms with Crippen molar-refractivity contribution in [3.8, 4) is 22.5 Å². The third-order valence-corrected chi connectivity index (χ3v) is 10.9. The topological polar surface area (TPSA) is 14.8 Å². The largest absolute Gasteiger partial charge is 0.313 e. The Hall–Kier alpha value is -6.58. The Balaban J connectivity index is 1.10. The van der Waals surface area contributed by atoms with Crippen LogP contribution in [0.25, 0.3) is 93.6 Å². The summed E-state index contributed by atoms with van der Waals surface area (Å²) >= 11 is 0. The van der Waals surface area contributed by atoms with E-state index < -0.39 is 0 Å². The van der Waals surface area contributed by atoms with Crippen molar-refractivity contribution in [3.63, 3.8) is 0 Å². The van der Waals surface area contributed by atoms with E-state index in [4.69, 9.17) is 0 Å². The van der Waals surface area contributed by atoms with E-state index >= 15 is 0 Å². The van der Waals surface area contributed by atoms with E-state index in [1.807, 2.05) is 0 Å². The molecule has 0 N–H and O–H groups in total. The van der Waals surface area contributed by atoms with E-state index in [-0.39, 0.29) is 0 Å². The summed E-state index contributed by atoms with van der Waals surface area (Å²) in [6.07, 6.45) is 8.84. The number of rotatable bonds is 4. The number of aromatic nitrogens is 3. The number of hydrogen-bond donors (Lipinski definition) is 0. The van der Waals surface area contributed by atoms with Crippen molar-refractivity contribution in [1.29, 1.82) is 0 Å². The maximum absolute atomic E-state index is 2.46. The zero-order chi connectivity index (χ0) is 33.5. The van der Waals surface area contributed by atoms with Gasteiger partial charge in [-0.3, -0.25) is 0 Å². The Bertz CT molecular complexity index is 3070. The maximum atomic E-state index is 2.46. The van der Waals surface area contributed by atoms with Crippen LogP contribution in [0.3, 0.4) is 0 Å². The van der Waals surface area contributed by atoms with Gasteiger partial charge in [-0.25, -0.2) is 0 Å². The average Bonchev–Trinajstić information content (AvgIpc) is 3.83. The minimum atomic E-state index is 1.04. The van der Waals surface area contributed by atoms with Gasteiger partial charge in [0.1, 0.15) is 0 Å². The van der Waals surface area contributed by atoms with Gasteiger partial charge in [-0.1, -0.05) is 97.1 Å². The summed E-state index contributed by atoms with van der Waals surface area (Å²) in [7, 11) is 0. The minimum absolute atomic E-state index is 1.04. The molecule has 0 atom stereocenters. The molecule has 51 heavy (non-hydrogen) atoms. The summed E-state index contributed by atoms with van der Waals surface area (Å²) in [6, 6.07) is 58.0. The second-order valence-corrected chi connectivity index (χ2v) is 13.7. The first kappa shape index (κ1) is 28.3. The fourth-order valence-electron chi connectivity index (χ4n) is 8.62. The third-order valence-electron chi connectivity index (χ3n) is 10.9. The summed E-state index contributed by atoms with van der Waals surface area (Å²) in [5.41, 5.74) is 13.5. The molecule has 0 radical (unpaired) electrons. The molecule has 3 heterocycles. The number of fused-ring (bicyclic) bond motifs is 9. The van der Waals surface area contributed by atoms with Crippen LogP contribution >= 0.6 is 0 Å². The SMILES string of the molecule is C1=CCCC(n2c3ccccc3c3cc(-n4c5ccccc5c5cc(-c6ccc7c(c6)c6ccccc6n7-c6ccccc6)ccc54)ccc32)=C1. The Morgan fingerprint density at radius 2 is 0.824 bits per heavy atom. The number of benzene rings is 7. The van der Waals surface area contributed by atoms with Gasteiger partial charge in [-0.05, 0) is 103 Å². The quantitative estimate of drug-likeness (QED) is 0.180. The van der Waals surface area contributed by atoms with Gasteiger partial charge >= 0.3 is 0 Å². The van der Waals surface area contributed by atoms with Crippen LogP contribution in [0.1, 0.15) is 12.8 Å². The highest BCUT2D eigenvalue weighted by atomic mass is 15.0. The molecule has 3 aromatic heterocycles. The highest BCUT2D eigenvalue weighted by Gasteiger charge is 2.19. The molecule has 1 aliphatic rings. The van der Waals surface area contributed by atoms with E-state index in [1.54, 1.807) is 0 Å². The minimum Gasteiger partial charge on any atom is -0.313 e. The molecule has 0 fully saturated rings. The van der Waals surface area contributed by atoms with Crippen LogP contribution < -0.4 is 0 Å². The van der Waals surface area contributed by atoms with Crippen LogP contribution in [0.4, 0.5) is 0 Å². The lowest BCUT2D eigenvalue weighted by molar-refractivity contribution is 0.979. The monoisotopic (exact) mass is 651 g/mol. The molecule has 0 saturated carbocycles. The zero-order valence-electron chi connectivity index (χ0n) is 28.0. The smallest absolute Gasteiger partial charge is 0.0541 e. The van der Waals surface area contributed by atoms with Crippen LogP contribution in [-0.4, -0.2) is 13.7 Å². The molecule has 0 unspecified atom stereocenters. The van der Waals surface area contributed by atoms with Gasteiger partial charge in [0.2, 0.25) is 0 Å². The number of hydrogen-bond acceptors (Lipinski definition) is 0. The molecular weight excluding hydrogens is 619 g/mol. The van der Waals surface area contributed by atoms with Crippen LogP contribution in [0.15, 0.2) is 176 Å². The summed E-state index contributed by atoms with van der Waals surface area (Å²) < 4.78 is 7.28. The van der Waals surface area contributed by atoms with Crippen LogP contribution in [0.2, 0.25) is 0 Å². The molecule has 0 bridgehead atoms. The maximum Gasteiger partial charge on any atom is 0.0541 e. The predicted molar refractivity (Wildman–Crippen MR) is 216 cm³/mol. The van der Waals surface area contributed by atoms with E-state index in [0.29, 0.717) is 0 Å². The second-order valence-electron chi connectivity index (χ2n) is 13.7. The molecule has 0 amide bonds. The molecular formula is C48H33N3. The van der Waals surface area contributed by atoms with Gasteiger partial charge in [0, 0.05) is 49.4 Å². The molecule has 7 aromatic carbocycles. The number of allylic oxidation sites excluding steroid dienone is 4. The lowest BCUT2D eigenvalue weighted by Crippen LogP contribution is -1.99. The Kier molecular flexibility index (Phi) is 6.08. The lowest BCUT2D eigenvalue weighted by atomic mass is 10.0. The van der Waals surface area contributed by atoms with Gasteiger partial charge in [-0.15, -0.1) is 0 Å². The Labute approximate surface area is 295 Å². The van der Waals surface area contributed by atoms with Gasteiger partial charge in [0.25, 0.3) is 0 Å². The van der Waals surface area contributed by atoms with Gasteiger partial charge in [0.05, 0.1) is 33.1 Å². The molecule has 0 aliphatic heterocycles. The molecule has 0 saturated heterocycles. The van der Waals surface area contributed by atoms with E-state index in [1.165, 1.54) is 93.6 Å². The highest BCUT2D eigenvalue weighted by molar-refractivity contribution is 6.14. The van der Waals surface area contributed by atoms with Crippen LogP contribution in [-0.2, 0) is 0 Å². The molecule has 0 spiro atoms. The standard InChI is InChI=1S/C48H33N3/c1-3-13-34(14-4-1)49-43-20-10-7-17-37(43)40-29-32(23-26-46(40)49)33-24-27-47-41(30-33)38-18-8-12-22-45(38)51(47)36-25-28-48-42(31-36)39-19-9-11-21-44(39)50(48)35-15-5-2-6-16-35/h1-5,7-15,17-31H,6,16H2. The number of nitrogens with zero attached hydrogens (tertiary/aromatic N) is 3. The fraction of sp³-hybridized carbons (Fsp3) is 0.0417. The van der Waals surface area contributed by atoms with Crippen molar-refractivity contribution < 1.29 is 0 Å². The summed E-state index contributed by atoms with van der Waals surface area (Å²) in [4.78, 5) is 0. The number of para-hydroxylation sites is 4. The summed E-state index contributed by atoms with van der Waals surface area (Å²) in [5.74, 6) is 0. The highest BCUT2D eigenvalue weighted by Crippen LogP contribution is 2.40. The third kappa shape index (κ3) is 4.18. The Morgan fingerprint density at radius 3 is 1.41 bits per heavy atom. The average molecular weight is 652 g/mol. The van der Waals surface area contributed by atoms with Crippen molar-refractivity contribution in [1.82, 2.24) is 13.7 Å². The predicted octanol–water partition coefficient (Wildman–Crippen LogP) is 12.8. The van der Waals surface area contributed by atoms with E-state index in [9.17, 15) is 0 Å². The van der Waals surface area contributed by atoms with Gasteiger partial charge in [-0.2, -0.15) is 0 Å². The summed E-state index contributed by atoms with van der Waals surface area (Å²) in [6.45, 7) is 0. The van der Waals surface area contributed by atoms with Crippen molar-refractivity contribution in [2.24, 2.45) is 0 Å². The van der Waals surface area contributed by atoms with Crippen molar-refractivity contribution in [2.45, 2.75) is 12.8 Å². The molecule has 11 rings (SSSR count). The Morgan fingerprint density at radius 1 is 0.353 bits per heavy atom. The van der Waals surface area contributed by atoms with Crippen LogP contribution in [0.5, 0.6) is 0 Å². The van der Waals surface area contributed by atoms with E-state index in [0.717, 1.165) is 12.8 Å². The first-order chi connectivity index (χ1) is 25.3. The van der Waals surface area contributed by atoms with Crippen molar-refractivity contribution >= 4 is 71.1 Å². The molecule has 3 heteroatoms. The first-order valence-electron chi connectivity index (χ1n) is 17.8. The molecule has 3 nitrogen and oxygen atoms in total. The summed E-state index contributed by atoms with van der Waals surface area (Å²) in [5, 5.41) is 7.63. The van der Waals surface area contributed by atoms with Crippen molar-refractivity contribution in [2.75, 3.05) is 0 Å². The van der Waals surface area contributed by atoms with Crippen LogP contribution in [0, 0.1) is 0 Å². The van der Waals surface area contributed by atoms with Crippen molar-refractivity contribution in [3.05, 3.63) is 176 Å². The normalized spacial score (nSPS) is 13.4. The molecule has 10 aromatic rings. The molecule has 1 aliphatic carbocycles. The zero-order valence-corrected chi connectivity index (χ0v) is 28.0. The lowest BCUT2D eigenvalue weighted by Gasteiger charge is -2.14. The fourth-order valence-corrected chi connectivity index (χ4v) is 8.62. The first-order valence-corrected chi connectivity index (χ1v) is 17.8. The van der Waals surface area contributed by atoms with E-state index in [2.05, 4.69) is 190 Å². The molecule has 240 valence electrons. The second kappa shape index (κ2) is 11.0. The van der Waals surface area contributed by atoms with Gasteiger partial charge in [0.15, 0.2) is 0 Å². The van der Waals surface area contributed by atoms with Gasteiger partial charge < -0.3 is 13.7 Å².